The van der Waals surface area contributed by atoms with Crippen molar-refractivity contribution in [3.8, 4) is 0 Å². The molecule has 0 saturated carbocycles. The van der Waals surface area contributed by atoms with E-state index in [1.54, 1.807) is 31.5 Å². The average molecular weight is 366 g/mol. The smallest absolute Gasteiger partial charge is 0.341 e. The normalized spacial score (nSPS) is 10.5. The Balaban J connectivity index is 2.08. The number of amides is 2. The van der Waals surface area contributed by atoms with Crippen molar-refractivity contribution in [3.63, 3.8) is 0 Å². The molecule has 0 bridgehead atoms. The van der Waals surface area contributed by atoms with E-state index in [9.17, 15) is 14.4 Å². The first-order chi connectivity index (χ1) is 11.9. The van der Waals surface area contributed by atoms with E-state index in [1.165, 1.54) is 0 Å². The van der Waals surface area contributed by atoms with Crippen LogP contribution in [-0.4, -0.2) is 30.9 Å². The van der Waals surface area contributed by atoms with Crippen molar-refractivity contribution >= 4 is 34.1 Å². The Morgan fingerprint density at radius 3 is 2.76 bits per heavy atom. The highest BCUT2D eigenvalue weighted by atomic mass is 32.1. The van der Waals surface area contributed by atoms with Crippen molar-refractivity contribution in [2.75, 3.05) is 18.5 Å². The van der Waals surface area contributed by atoms with Gasteiger partial charge in [-0.2, -0.15) is 0 Å². The number of hydrogen-bond acceptors (Lipinski definition) is 6. The molecule has 2 heterocycles. The van der Waals surface area contributed by atoms with Crippen LogP contribution in [0.5, 0.6) is 0 Å². The number of nitrogens with one attached hydrogen (secondary N) is 1. The van der Waals surface area contributed by atoms with Crippen LogP contribution in [0.2, 0.25) is 0 Å². The summed E-state index contributed by atoms with van der Waals surface area (Å²) >= 11 is 0.968. The summed E-state index contributed by atoms with van der Waals surface area (Å²) in [5.74, 6) is -0.811. The van der Waals surface area contributed by atoms with Crippen molar-refractivity contribution < 1.29 is 28.9 Å². The van der Waals surface area contributed by atoms with Crippen molar-refractivity contribution in [3.05, 3.63) is 40.2 Å². The molecule has 0 aliphatic carbocycles. The first-order valence-electron chi connectivity index (χ1n) is 7.68. The Morgan fingerprint density at radius 2 is 2.16 bits per heavy atom. The van der Waals surface area contributed by atoms with Crippen LogP contribution in [-0.2, 0) is 16.1 Å². The first-order valence-corrected chi connectivity index (χ1v) is 8.49. The number of carbonyl (C=O) groups excluding carboxylic acids is 3. The summed E-state index contributed by atoms with van der Waals surface area (Å²) in [7, 11) is 0. The molecule has 0 fully saturated rings. The van der Waals surface area contributed by atoms with Crippen molar-refractivity contribution in [1.82, 2.24) is 0 Å². The minimum Gasteiger partial charge on any atom is -0.463 e. The number of hydrogen-bond donors (Lipinski definition) is 3. The Labute approximate surface area is 148 Å². The zero-order valence-corrected chi connectivity index (χ0v) is 14.8. The van der Waals surface area contributed by atoms with Gasteiger partial charge in [0.2, 0.25) is 0 Å². The molecule has 0 aliphatic heterocycles. The van der Waals surface area contributed by atoms with Gasteiger partial charge in [-0.1, -0.05) is 0 Å². The highest BCUT2D eigenvalue weighted by molar-refractivity contribution is 7.18. The number of esters is 1. The van der Waals surface area contributed by atoms with Gasteiger partial charge in [-0.3, -0.25) is 9.59 Å². The van der Waals surface area contributed by atoms with Gasteiger partial charge >= 0.3 is 5.97 Å². The lowest BCUT2D eigenvalue weighted by Gasteiger charge is -2.06. The summed E-state index contributed by atoms with van der Waals surface area (Å²) in [5.41, 5.74) is 5.90. The minimum atomic E-state index is -0.655. The van der Waals surface area contributed by atoms with Crippen molar-refractivity contribution in [1.29, 1.82) is 0 Å². The van der Waals surface area contributed by atoms with Crippen LogP contribution >= 0.6 is 11.3 Å². The van der Waals surface area contributed by atoms with Crippen LogP contribution in [0.25, 0.3) is 0 Å². The van der Waals surface area contributed by atoms with E-state index in [0.717, 1.165) is 17.1 Å². The fraction of sp³-hybridized carbons (Fsp3) is 0.312. The molecule has 2 rings (SSSR count). The molecule has 2 aromatic heterocycles. The molecule has 25 heavy (non-hydrogen) atoms. The van der Waals surface area contributed by atoms with Crippen molar-refractivity contribution in [2.24, 2.45) is 5.73 Å². The number of primary amides is 1. The standard InChI is InChI=1S/C16H19N3O5S/c1-3-23-16(22)12-9(2)13(14(17)21)25-15(12)19-11(20)8-18-7-10-5-4-6-24-10/h4-6,18H,3,7-8H2,1-2H3,(H2,17,21)(H,19,20)/p+1. The summed E-state index contributed by atoms with van der Waals surface area (Å²) < 4.78 is 10.2. The summed E-state index contributed by atoms with van der Waals surface area (Å²) in [5, 5.41) is 4.68. The number of quaternary nitrogens is 1. The molecule has 5 N–H and O–H groups in total. The number of ether oxygens (including phenoxy) is 1. The van der Waals surface area contributed by atoms with Crippen molar-refractivity contribution in [2.45, 2.75) is 20.4 Å². The van der Waals surface area contributed by atoms with Gasteiger partial charge < -0.3 is 25.5 Å². The Morgan fingerprint density at radius 1 is 1.40 bits per heavy atom. The molecule has 0 aliphatic rings. The fourth-order valence-electron chi connectivity index (χ4n) is 2.24. The Bertz CT molecular complexity index is 767. The molecule has 0 saturated heterocycles. The first kappa shape index (κ1) is 18.7. The monoisotopic (exact) mass is 366 g/mol. The molecule has 0 aromatic carbocycles. The summed E-state index contributed by atoms with van der Waals surface area (Å²) in [6.45, 7) is 4.11. The number of nitrogens with two attached hydrogens (primary N) is 2. The Hall–Kier alpha value is -2.65. The predicted octanol–water partition coefficient (Wildman–Crippen LogP) is 0.627. The van der Waals surface area contributed by atoms with Gasteiger partial charge in [0.05, 0.1) is 23.3 Å². The quantitative estimate of drug-likeness (QED) is 0.590. The van der Waals surface area contributed by atoms with Crippen LogP contribution in [0.4, 0.5) is 5.00 Å². The molecule has 8 nitrogen and oxygen atoms in total. The van der Waals surface area contributed by atoms with E-state index in [4.69, 9.17) is 14.9 Å². The molecule has 2 aromatic rings. The van der Waals surface area contributed by atoms with Gasteiger partial charge in [-0.15, -0.1) is 11.3 Å². The summed E-state index contributed by atoms with van der Waals surface area (Å²) in [4.78, 5) is 36.0. The molecule has 2 amide bonds. The van der Waals surface area contributed by atoms with E-state index in [0.29, 0.717) is 12.1 Å². The molecular weight excluding hydrogens is 346 g/mol. The molecule has 0 radical (unpaired) electrons. The van der Waals surface area contributed by atoms with Crippen LogP contribution in [0, 0.1) is 6.92 Å². The zero-order valence-electron chi connectivity index (χ0n) is 14.0. The van der Waals surface area contributed by atoms with E-state index in [-0.39, 0.29) is 34.5 Å². The SMILES string of the molecule is CCOC(=O)c1c(NC(=O)C[NH2+]Cc2ccco2)sc(C(N)=O)c1C. The van der Waals surface area contributed by atoms with Crippen LogP contribution in [0.1, 0.15) is 38.3 Å². The summed E-state index contributed by atoms with van der Waals surface area (Å²) in [6.07, 6.45) is 1.56. The maximum Gasteiger partial charge on any atom is 0.341 e. The van der Waals surface area contributed by atoms with Gasteiger partial charge in [0.15, 0.2) is 12.3 Å². The second-order valence-electron chi connectivity index (χ2n) is 5.17. The van der Waals surface area contributed by atoms with Gasteiger partial charge in [0, 0.05) is 0 Å². The predicted molar refractivity (Wildman–Crippen MR) is 91.4 cm³/mol. The third-order valence-electron chi connectivity index (χ3n) is 3.36. The van der Waals surface area contributed by atoms with E-state index in [1.807, 2.05) is 6.07 Å². The molecule has 0 unspecified atom stereocenters. The fourth-order valence-corrected chi connectivity index (χ4v) is 3.30. The number of rotatable bonds is 8. The molecular formula is C16H20N3O5S+. The lowest BCUT2D eigenvalue weighted by molar-refractivity contribution is -0.661. The zero-order chi connectivity index (χ0) is 18.4. The highest BCUT2D eigenvalue weighted by Crippen LogP contribution is 2.33. The topological polar surface area (TPSA) is 128 Å². The second-order valence-corrected chi connectivity index (χ2v) is 6.19. The summed E-state index contributed by atoms with van der Waals surface area (Å²) in [6, 6.07) is 3.59. The van der Waals surface area contributed by atoms with Crippen LogP contribution in [0.3, 0.4) is 0 Å². The lowest BCUT2D eigenvalue weighted by Crippen LogP contribution is -2.84. The van der Waals surface area contributed by atoms with E-state index < -0.39 is 11.9 Å². The van der Waals surface area contributed by atoms with E-state index >= 15 is 0 Å². The Kier molecular flexibility index (Phi) is 6.31. The van der Waals surface area contributed by atoms with Gasteiger partial charge in [-0.25, -0.2) is 4.79 Å². The number of anilines is 1. The van der Waals surface area contributed by atoms with Crippen LogP contribution < -0.4 is 16.4 Å². The molecule has 134 valence electrons. The molecule has 0 atom stereocenters. The third kappa shape index (κ3) is 4.68. The maximum atomic E-state index is 12.1. The van der Waals surface area contributed by atoms with Gasteiger partial charge in [0.1, 0.15) is 11.5 Å². The third-order valence-corrected chi connectivity index (χ3v) is 4.58. The number of furan rings is 1. The highest BCUT2D eigenvalue weighted by Gasteiger charge is 2.25. The minimum absolute atomic E-state index is 0.131. The maximum absolute atomic E-state index is 12.1. The lowest BCUT2D eigenvalue weighted by atomic mass is 10.1. The second kappa shape index (κ2) is 8.45. The molecule has 9 heteroatoms. The van der Waals surface area contributed by atoms with Gasteiger partial charge in [-0.05, 0) is 31.5 Å². The average Bonchev–Trinajstić information content (AvgIpc) is 3.15. The molecule has 0 spiro atoms. The van der Waals surface area contributed by atoms with Crippen LogP contribution in [0.15, 0.2) is 22.8 Å². The number of carbonyl (C=O) groups is 3. The van der Waals surface area contributed by atoms with Gasteiger partial charge in [0.25, 0.3) is 11.8 Å². The number of thiophene rings is 1. The van der Waals surface area contributed by atoms with E-state index in [2.05, 4.69) is 5.32 Å². The largest absolute Gasteiger partial charge is 0.463 e.